The van der Waals surface area contributed by atoms with E-state index in [1.165, 1.54) is 32.4 Å². The SMILES string of the molecule is COc1ccc(C(=O)Nc2nc(CC(=O)Nc3cccc(C(F)(F)F)c3)cs2)cc1OC. The maximum Gasteiger partial charge on any atom is 0.416 e. The molecule has 3 rings (SSSR count). The highest BCUT2D eigenvalue weighted by molar-refractivity contribution is 7.14. The Bertz CT molecular complexity index is 1130. The Labute approximate surface area is 185 Å². The summed E-state index contributed by atoms with van der Waals surface area (Å²) in [4.78, 5) is 28.8. The third kappa shape index (κ3) is 5.76. The zero-order chi connectivity index (χ0) is 23.3. The third-order valence-electron chi connectivity index (χ3n) is 4.23. The van der Waals surface area contributed by atoms with Gasteiger partial charge in [0.25, 0.3) is 5.91 Å². The van der Waals surface area contributed by atoms with Crippen LogP contribution in [0.5, 0.6) is 11.5 Å². The number of nitrogens with zero attached hydrogens (tertiary/aromatic N) is 1. The minimum atomic E-state index is -4.50. The number of aromatic nitrogens is 1. The number of alkyl halides is 3. The number of benzene rings is 2. The number of thiazole rings is 1. The fourth-order valence-corrected chi connectivity index (χ4v) is 3.44. The van der Waals surface area contributed by atoms with Crippen molar-refractivity contribution in [1.29, 1.82) is 0 Å². The topological polar surface area (TPSA) is 89.5 Å². The first-order valence-corrected chi connectivity index (χ1v) is 10.0. The first-order chi connectivity index (χ1) is 15.2. The number of rotatable bonds is 7. The highest BCUT2D eigenvalue weighted by atomic mass is 32.1. The number of methoxy groups -OCH3 is 2. The molecule has 0 atom stereocenters. The molecule has 11 heteroatoms. The molecule has 0 radical (unpaired) electrons. The monoisotopic (exact) mass is 465 g/mol. The fourth-order valence-electron chi connectivity index (χ4n) is 2.74. The summed E-state index contributed by atoms with van der Waals surface area (Å²) < 4.78 is 48.7. The standard InChI is InChI=1S/C21H18F3N3O4S/c1-30-16-7-6-12(8-17(16)31-2)19(29)27-20-26-15(11-32-20)10-18(28)25-14-5-3-4-13(9-14)21(22,23)24/h3-9,11H,10H2,1-2H3,(H,25,28)(H,26,27,29). The van der Waals surface area contributed by atoms with Crippen molar-refractivity contribution in [2.45, 2.75) is 12.6 Å². The van der Waals surface area contributed by atoms with Gasteiger partial charge in [-0.1, -0.05) is 6.07 Å². The van der Waals surface area contributed by atoms with Crippen molar-refractivity contribution in [3.8, 4) is 11.5 Å². The number of amides is 2. The molecule has 32 heavy (non-hydrogen) atoms. The molecule has 0 saturated heterocycles. The fraction of sp³-hybridized carbons (Fsp3) is 0.190. The summed E-state index contributed by atoms with van der Waals surface area (Å²) in [6, 6.07) is 9.03. The molecule has 0 fully saturated rings. The van der Waals surface area contributed by atoms with Gasteiger partial charge in [-0.05, 0) is 36.4 Å². The minimum absolute atomic E-state index is 0.0297. The quantitative estimate of drug-likeness (QED) is 0.532. The molecule has 2 amide bonds. The van der Waals surface area contributed by atoms with Crippen molar-refractivity contribution >= 4 is 34.0 Å². The van der Waals surface area contributed by atoms with Gasteiger partial charge in [0.15, 0.2) is 16.6 Å². The number of carbonyl (C=O) groups excluding carboxylic acids is 2. The average Bonchev–Trinajstić information content (AvgIpc) is 3.19. The lowest BCUT2D eigenvalue weighted by Crippen LogP contribution is -2.16. The first kappa shape index (κ1) is 23.1. The normalized spacial score (nSPS) is 11.0. The molecular formula is C21H18F3N3O4S. The molecule has 1 heterocycles. The van der Waals surface area contributed by atoms with E-state index in [1.807, 2.05) is 0 Å². The molecule has 0 aliphatic carbocycles. The van der Waals surface area contributed by atoms with E-state index >= 15 is 0 Å². The Kier molecular flexibility index (Phi) is 6.98. The molecule has 7 nitrogen and oxygen atoms in total. The zero-order valence-corrected chi connectivity index (χ0v) is 17.8. The van der Waals surface area contributed by atoms with Crippen LogP contribution in [-0.2, 0) is 17.4 Å². The highest BCUT2D eigenvalue weighted by Crippen LogP contribution is 2.31. The van der Waals surface area contributed by atoms with Gasteiger partial charge in [-0.25, -0.2) is 4.98 Å². The van der Waals surface area contributed by atoms with E-state index in [0.29, 0.717) is 22.8 Å². The van der Waals surface area contributed by atoms with E-state index in [4.69, 9.17) is 9.47 Å². The summed E-state index contributed by atoms with van der Waals surface area (Å²) in [6.45, 7) is 0. The largest absolute Gasteiger partial charge is 0.493 e. The van der Waals surface area contributed by atoms with Crippen LogP contribution in [0.2, 0.25) is 0 Å². The van der Waals surface area contributed by atoms with Gasteiger partial charge >= 0.3 is 6.18 Å². The van der Waals surface area contributed by atoms with Crippen LogP contribution in [0.25, 0.3) is 0 Å². The molecule has 1 aromatic heterocycles. The molecule has 0 bridgehead atoms. The maximum atomic E-state index is 12.8. The molecule has 2 aromatic carbocycles. The van der Waals surface area contributed by atoms with Crippen molar-refractivity contribution in [1.82, 2.24) is 4.98 Å². The second kappa shape index (κ2) is 9.69. The van der Waals surface area contributed by atoms with Gasteiger partial charge in [-0.3, -0.25) is 14.9 Å². The van der Waals surface area contributed by atoms with Crippen LogP contribution in [0.3, 0.4) is 0 Å². The van der Waals surface area contributed by atoms with E-state index in [9.17, 15) is 22.8 Å². The lowest BCUT2D eigenvalue weighted by Gasteiger charge is -2.09. The number of hydrogen-bond donors (Lipinski definition) is 2. The van der Waals surface area contributed by atoms with Gasteiger partial charge in [0.05, 0.1) is 31.9 Å². The summed E-state index contributed by atoms with van der Waals surface area (Å²) in [5.41, 5.74) is -0.144. The lowest BCUT2D eigenvalue weighted by molar-refractivity contribution is -0.137. The van der Waals surface area contributed by atoms with Crippen molar-refractivity contribution in [3.05, 3.63) is 64.7 Å². The van der Waals surface area contributed by atoms with Gasteiger partial charge in [0.1, 0.15) is 0 Å². The predicted octanol–water partition coefficient (Wildman–Crippen LogP) is 4.61. The number of carbonyl (C=O) groups is 2. The predicted molar refractivity (Wildman–Crippen MR) is 113 cm³/mol. The number of hydrogen-bond acceptors (Lipinski definition) is 6. The molecule has 0 unspecified atom stereocenters. The van der Waals surface area contributed by atoms with Gasteiger partial charge in [0, 0.05) is 16.6 Å². The Morgan fingerprint density at radius 1 is 1.03 bits per heavy atom. The van der Waals surface area contributed by atoms with Crippen LogP contribution in [0, 0.1) is 0 Å². The van der Waals surface area contributed by atoms with Crippen LogP contribution in [0.15, 0.2) is 47.8 Å². The van der Waals surface area contributed by atoms with Crippen molar-refractivity contribution in [2.75, 3.05) is 24.9 Å². The Morgan fingerprint density at radius 3 is 2.47 bits per heavy atom. The number of nitrogens with one attached hydrogen (secondary N) is 2. The number of ether oxygens (including phenoxy) is 2. The smallest absolute Gasteiger partial charge is 0.416 e. The molecule has 0 spiro atoms. The van der Waals surface area contributed by atoms with Crippen LogP contribution in [0.1, 0.15) is 21.6 Å². The van der Waals surface area contributed by atoms with Gasteiger partial charge in [0.2, 0.25) is 5.91 Å². The van der Waals surface area contributed by atoms with Gasteiger partial charge < -0.3 is 14.8 Å². The average molecular weight is 465 g/mol. The second-order valence-corrected chi connectivity index (χ2v) is 7.33. The van der Waals surface area contributed by atoms with Crippen molar-refractivity contribution < 1.29 is 32.2 Å². The van der Waals surface area contributed by atoms with Crippen molar-refractivity contribution in [2.24, 2.45) is 0 Å². The second-order valence-electron chi connectivity index (χ2n) is 6.47. The lowest BCUT2D eigenvalue weighted by atomic mass is 10.2. The van der Waals surface area contributed by atoms with Gasteiger partial charge in [-0.2, -0.15) is 13.2 Å². The molecule has 2 N–H and O–H groups in total. The zero-order valence-electron chi connectivity index (χ0n) is 16.9. The van der Waals surface area contributed by atoms with Crippen LogP contribution in [0.4, 0.5) is 24.0 Å². The van der Waals surface area contributed by atoms with Crippen LogP contribution < -0.4 is 20.1 Å². The summed E-state index contributed by atoms with van der Waals surface area (Å²) in [6.07, 6.45) is -4.67. The molecule has 0 saturated carbocycles. The Balaban J connectivity index is 1.61. The van der Waals surface area contributed by atoms with E-state index in [2.05, 4.69) is 15.6 Å². The Hall–Kier alpha value is -3.60. The molecule has 0 aliphatic rings. The third-order valence-corrected chi connectivity index (χ3v) is 5.04. The first-order valence-electron chi connectivity index (χ1n) is 9.14. The number of anilines is 2. The van der Waals surface area contributed by atoms with Crippen molar-refractivity contribution in [3.63, 3.8) is 0 Å². The highest BCUT2D eigenvalue weighted by Gasteiger charge is 2.30. The molecule has 168 valence electrons. The maximum absolute atomic E-state index is 12.8. The van der Waals surface area contributed by atoms with Crippen LogP contribution in [-0.4, -0.2) is 31.0 Å². The Morgan fingerprint density at radius 2 is 1.78 bits per heavy atom. The van der Waals surface area contributed by atoms with E-state index in [0.717, 1.165) is 23.5 Å². The van der Waals surface area contributed by atoms with Gasteiger partial charge in [-0.15, -0.1) is 11.3 Å². The molecule has 0 aliphatic heterocycles. The van der Waals surface area contributed by atoms with E-state index in [-0.39, 0.29) is 17.2 Å². The minimum Gasteiger partial charge on any atom is -0.493 e. The van der Waals surface area contributed by atoms with E-state index < -0.39 is 23.6 Å². The van der Waals surface area contributed by atoms with E-state index in [1.54, 1.807) is 17.5 Å². The number of halogens is 3. The molecular weight excluding hydrogens is 447 g/mol. The van der Waals surface area contributed by atoms with Crippen LogP contribution >= 0.6 is 11.3 Å². The summed E-state index contributed by atoms with van der Waals surface area (Å²) >= 11 is 1.12. The summed E-state index contributed by atoms with van der Waals surface area (Å²) in [5, 5.41) is 6.89. The summed E-state index contributed by atoms with van der Waals surface area (Å²) in [5.74, 6) is -0.0914. The summed E-state index contributed by atoms with van der Waals surface area (Å²) in [7, 11) is 2.94. The molecule has 3 aromatic rings.